The van der Waals surface area contributed by atoms with E-state index in [1.54, 1.807) is 35.2 Å². The molecule has 1 atom stereocenters. The highest BCUT2D eigenvalue weighted by molar-refractivity contribution is 6.42. The first-order valence-electron chi connectivity index (χ1n) is 9.82. The molecular weight excluding hydrogens is 426 g/mol. The maximum Gasteiger partial charge on any atom is 0.223 e. The number of nitrogens with zero attached hydrogens (tertiary/aromatic N) is 2. The van der Waals surface area contributed by atoms with Gasteiger partial charge >= 0.3 is 0 Å². The van der Waals surface area contributed by atoms with Gasteiger partial charge in [-0.25, -0.2) is 4.39 Å². The number of hydrogen-bond acceptors (Lipinski definition) is 3. The Kier molecular flexibility index (Phi) is 7.04. The van der Waals surface area contributed by atoms with E-state index < -0.39 is 0 Å². The lowest BCUT2D eigenvalue weighted by Gasteiger charge is -2.28. The van der Waals surface area contributed by atoms with Crippen molar-refractivity contribution in [2.75, 3.05) is 6.54 Å². The van der Waals surface area contributed by atoms with Gasteiger partial charge in [0.15, 0.2) is 6.10 Å². The van der Waals surface area contributed by atoms with Crippen LogP contribution < -0.4 is 0 Å². The zero-order chi connectivity index (χ0) is 21.9. The first kappa shape index (κ1) is 22.6. The van der Waals surface area contributed by atoms with Crippen LogP contribution in [0.3, 0.4) is 0 Å². The molecular formula is C23H25Cl2FN2O2. The van der Waals surface area contributed by atoms with E-state index in [9.17, 15) is 9.18 Å². The van der Waals surface area contributed by atoms with Gasteiger partial charge in [-0.05, 0) is 23.6 Å². The molecule has 1 heterocycles. The third-order valence-corrected chi connectivity index (χ3v) is 5.50. The lowest BCUT2D eigenvalue weighted by atomic mass is 9.91. The molecule has 2 aromatic rings. The Morgan fingerprint density at radius 3 is 2.60 bits per heavy atom. The number of carbonyl (C=O) groups excluding carboxylic acids is 1. The minimum Gasteiger partial charge on any atom is -0.390 e. The Hall–Kier alpha value is -2.11. The highest BCUT2D eigenvalue weighted by atomic mass is 35.5. The van der Waals surface area contributed by atoms with Gasteiger partial charge in [0, 0.05) is 30.5 Å². The van der Waals surface area contributed by atoms with E-state index in [4.69, 9.17) is 28.0 Å². The maximum absolute atomic E-state index is 14.2. The lowest BCUT2D eigenvalue weighted by molar-refractivity contribution is -0.135. The third kappa shape index (κ3) is 5.96. The summed E-state index contributed by atoms with van der Waals surface area (Å²) in [6.45, 7) is 6.51. The van der Waals surface area contributed by atoms with Crippen molar-refractivity contribution >= 4 is 34.8 Å². The van der Waals surface area contributed by atoms with Crippen LogP contribution in [0.2, 0.25) is 10.0 Å². The summed E-state index contributed by atoms with van der Waals surface area (Å²) in [5.41, 5.74) is 1.87. The van der Waals surface area contributed by atoms with Gasteiger partial charge in [-0.2, -0.15) is 0 Å². The van der Waals surface area contributed by atoms with E-state index in [2.05, 4.69) is 5.16 Å². The Bertz CT molecular complexity index is 956. The van der Waals surface area contributed by atoms with Crippen molar-refractivity contribution in [3.63, 3.8) is 0 Å². The fourth-order valence-corrected chi connectivity index (χ4v) is 3.57. The number of hydrogen-bond donors (Lipinski definition) is 0. The molecule has 30 heavy (non-hydrogen) atoms. The Morgan fingerprint density at radius 2 is 1.93 bits per heavy atom. The fourth-order valence-electron chi connectivity index (χ4n) is 3.27. The van der Waals surface area contributed by atoms with Crippen LogP contribution in [-0.2, 0) is 16.2 Å². The fraction of sp³-hybridized carbons (Fsp3) is 0.391. The van der Waals surface area contributed by atoms with Crippen LogP contribution in [0.1, 0.15) is 44.7 Å². The molecule has 1 aliphatic heterocycles. The monoisotopic (exact) mass is 450 g/mol. The lowest BCUT2D eigenvalue weighted by Crippen LogP contribution is -2.39. The minimum absolute atomic E-state index is 0.0441. The predicted octanol–water partition coefficient (Wildman–Crippen LogP) is 6.09. The van der Waals surface area contributed by atoms with Gasteiger partial charge in [0.2, 0.25) is 5.91 Å². The molecule has 0 N–H and O–H groups in total. The normalized spacial score (nSPS) is 16.2. The standard InChI is InChI=1S/C23H25Cl2FN2O2/c1-23(2,3)12-22(29)28(13-16-6-4-5-7-20(16)26)14-17-11-21(27-30-17)15-8-9-18(24)19(25)10-15/h4-10,17H,11-14H2,1-3H3/t17-/m0/s1. The molecule has 2 aromatic carbocycles. The molecule has 0 saturated carbocycles. The number of amides is 1. The van der Waals surface area contributed by atoms with Crippen LogP contribution in [0.5, 0.6) is 0 Å². The van der Waals surface area contributed by atoms with Gasteiger partial charge in [-0.15, -0.1) is 0 Å². The van der Waals surface area contributed by atoms with Gasteiger partial charge in [0.1, 0.15) is 5.82 Å². The zero-order valence-corrected chi connectivity index (χ0v) is 18.8. The predicted molar refractivity (Wildman–Crippen MR) is 118 cm³/mol. The summed E-state index contributed by atoms with van der Waals surface area (Å²) in [6.07, 6.45) is 0.564. The van der Waals surface area contributed by atoms with E-state index in [1.807, 2.05) is 26.8 Å². The average molecular weight is 451 g/mol. The van der Waals surface area contributed by atoms with Crippen LogP contribution in [0.4, 0.5) is 4.39 Å². The molecule has 0 fully saturated rings. The van der Waals surface area contributed by atoms with E-state index in [0.29, 0.717) is 35.0 Å². The van der Waals surface area contributed by atoms with Gasteiger partial charge in [0.25, 0.3) is 0 Å². The summed E-state index contributed by atoms with van der Waals surface area (Å²) in [5.74, 6) is -0.372. The summed E-state index contributed by atoms with van der Waals surface area (Å²) < 4.78 is 14.2. The minimum atomic E-state index is -0.328. The third-order valence-electron chi connectivity index (χ3n) is 4.76. The summed E-state index contributed by atoms with van der Waals surface area (Å²) in [4.78, 5) is 20.2. The summed E-state index contributed by atoms with van der Waals surface area (Å²) in [6, 6.07) is 11.8. The highest BCUT2D eigenvalue weighted by Crippen LogP contribution is 2.27. The molecule has 1 aliphatic rings. The average Bonchev–Trinajstić information content (AvgIpc) is 3.12. The highest BCUT2D eigenvalue weighted by Gasteiger charge is 2.29. The first-order chi connectivity index (χ1) is 14.1. The van der Waals surface area contributed by atoms with Crippen LogP contribution in [0.15, 0.2) is 47.6 Å². The van der Waals surface area contributed by atoms with Crippen molar-refractivity contribution in [2.45, 2.75) is 46.3 Å². The zero-order valence-electron chi connectivity index (χ0n) is 17.3. The number of oxime groups is 1. The van der Waals surface area contributed by atoms with Crippen molar-refractivity contribution in [1.82, 2.24) is 4.90 Å². The Labute approximate surface area is 186 Å². The molecule has 0 radical (unpaired) electrons. The molecule has 0 aliphatic carbocycles. The van der Waals surface area contributed by atoms with E-state index in [-0.39, 0.29) is 29.8 Å². The van der Waals surface area contributed by atoms with E-state index in [1.165, 1.54) is 6.07 Å². The quantitative estimate of drug-likeness (QED) is 0.533. The van der Waals surface area contributed by atoms with Crippen molar-refractivity contribution in [3.8, 4) is 0 Å². The van der Waals surface area contributed by atoms with E-state index in [0.717, 1.165) is 11.3 Å². The van der Waals surface area contributed by atoms with E-state index >= 15 is 0 Å². The Morgan fingerprint density at radius 1 is 1.20 bits per heavy atom. The topological polar surface area (TPSA) is 41.9 Å². The number of rotatable bonds is 6. The van der Waals surface area contributed by atoms with Gasteiger partial charge < -0.3 is 9.74 Å². The smallest absolute Gasteiger partial charge is 0.223 e. The first-order valence-corrected chi connectivity index (χ1v) is 10.6. The molecule has 160 valence electrons. The van der Waals surface area contributed by atoms with Gasteiger partial charge in [-0.1, -0.05) is 73.4 Å². The SMILES string of the molecule is CC(C)(C)CC(=O)N(Cc1ccccc1F)C[C@@H]1CC(c2ccc(Cl)c(Cl)c2)=NO1. The van der Waals surface area contributed by atoms with Gasteiger partial charge in [0.05, 0.1) is 22.3 Å². The molecule has 7 heteroatoms. The van der Waals surface area contributed by atoms with Crippen molar-refractivity contribution < 1.29 is 14.0 Å². The van der Waals surface area contributed by atoms with Gasteiger partial charge in [-0.3, -0.25) is 4.79 Å². The number of carbonyl (C=O) groups is 1. The van der Waals surface area contributed by atoms with Crippen molar-refractivity contribution in [2.24, 2.45) is 10.6 Å². The van der Waals surface area contributed by atoms with Crippen molar-refractivity contribution in [1.29, 1.82) is 0 Å². The largest absolute Gasteiger partial charge is 0.390 e. The second-order valence-corrected chi connectivity index (χ2v) is 9.52. The van der Waals surface area contributed by atoms with Crippen LogP contribution in [0, 0.1) is 11.2 Å². The van der Waals surface area contributed by atoms with Crippen LogP contribution in [0.25, 0.3) is 0 Å². The molecule has 0 spiro atoms. The summed E-state index contributed by atoms with van der Waals surface area (Å²) in [7, 11) is 0. The summed E-state index contributed by atoms with van der Waals surface area (Å²) >= 11 is 12.1. The van der Waals surface area contributed by atoms with Crippen LogP contribution in [-0.4, -0.2) is 29.2 Å². The van der Waals surface area contributed by atoms with Crippen LogP contribution >= 0.6 is 23.2 Å². The molecule has 4 nitrogen and oxygen atoms in total. The molecule has 0 bridgehead atoms. The van der Waals surface area contributed by atoms with Crippen molar-refractivity contribution in [3.05, 3.63) is 69.5 Å². The second kappa shape index (κ2) is 9.36. The molecule has 0 aromatic heterocycles. The molecule has 1 amide bonds. The summed E-state index contributed by atoms with van der Waals surface area (Å²) in [5, 5.41) is 5.09. The molecule has 3 rings (SSSR count). The number of halogens is 3. The maximum atomic E-state index is 14.2. The number of benzene rings is 2. The molecule has 0 saturated heterocycles. The second-order valence-electron chi connectivity index (χ2n) is 8.70. The molecule has 0 unspecified atom stereocenters. The Balaban J connectivity index is 1.72.